The molecule has 2 N–H and O–H groups in total. The van der Waals surface area contributed by atoms with Crippen LogP contribution in [0.1, 0.15) is 52.4 Å². The van der Waals surface area contributed by atoms with Crippen LogP contribution in [0.25, 0.3) is 0 Å². The maximum Gasteiger partial charge on any atom is 0.326 e. The van der Waals surface area contributed by atoms with E-state index in [-0.39, 0.29) is 5.91 Å². The number of hydrogen-bond donors (Lipinski definition) is 2. The Balaban J connectivity index is 2.41. The van der Waals surface area contributed by atoms with Crippen LogP contribution in [0.5, 0.6) is 0 Å². The molecule has 3 unspecified atom stereocenters. The number of aliphatic carboxylic acids is 1. The van der Waals surface area contributed by atoms with Gasteiger partial charge in [0.05, 0.1) is 0 Å². The zero-order valence-corrected chi connectivity index (χ0v) is 11.9. The van der Waals surface area contributed by atoms with E-state index in [9.17, 15) is 9.59 Å². The van der Waals surface area contributed by atoms with E-state index in [2.05, 4.69) is 12.2 Å². The molecule has 0 radical (unpaired) electrons. The number of carbonyl (C=O) groups is 2. The number of carbonyl (C=O) groups excluding carboxylic acids is 1. The van der Waals surface area contributed by atoms with E-state index < -0.39 is 12.0 Å². The molecule has 4 nitrogen and oxygen atoms in total. The monoisotopic (exact) mass is 267 g/mol. The van der Waals surface area contributed by atoms with E-state index >= 15 is 0 Å². The van der Waals surface area contributed by atoms with Gasteiger partial charge in [-0.15, -0.1) is 0 Å². The van der Waals surface area contributed by atoms with Crippen LogP contribution in [0.2, 0.25) is 0 Å². The van der Waals surface area contributed by atoms with Gasteiger partial charge in [0.25, 0.3) is 0 Å². The molecule has 1 saturated carbocycles. The number of carboxylic acids is 1. The fraction of sp³-hybridized carbons (Fsp3) is 0.733. The van der Waals surface area contributed by atoms with E-state index in [1.54, 1.807) is 12.2 Å². The Labute approximate surface area is 115 Å². The predicted molar refractivity (Wildman–Crippen MR) is 74.7 cm³/mol. The Morgan fingerprint density at radius 3 is 2.74 bits per heavy atom. The molecule has 0 heterocycles. The molecule has 19 heavy (non-hydrogen) atoms. The van der Waals surface area contributed by atoms with E-state index in [0.717, 1.165) is 12.8 Å². The summed E-state index contributed by atoms with van der Waals surface area (Å²) < 4.78 is 0. The highest BCUT2D eigenvalue weighted by Gasteiger charge is 2.24. The number of rotatable bonds is 6. The van der Waals surface area contributed by atoms with Gasteiger partial charge in [0.2, 0.25) is 5.91 Å². The maximum atomic E-state index is 11.9. The van der Waals surface area contributed by atoms with E-state index in [4.69, 9.17) is 5.11 Å². The van der Waals surface area contributed by atoms with Crippen molar-refractivity contribution in [1.82, 2.24) is 5.32 Å². The van der Waals surface area contributed by atoms with Crippen LogP contribution in [-0.4, -0.2) is 23.0 Å². The molecule has 3 atom stereocenters. The van der Waals surface area contributed by atoms with Gasteiger partial charge in [-0.1, -0.05) is 31.9 Å². The Kier molecular flexibility index (Phi) is 6.60. The van der Waals surface area contributed by atoms with Crippen molar-refractivity contribution in [2.75, 3.05) is 0 Å². The van der Waals surface area contributed by atoms with Gasteiger partial charge in [-0.3, -0.25) is 4.79 Å². The summed E-state index contributed by atoms with van der Waals surface area (Å²) in [4.78, 5) is 22.9. The highest BCUT2D eigenvalue weighted by Crippen LogP contribution is 2.30. The van der Waals surface area contributed by atoms with Crippen molar-refractivity contribution < 1.29 is 14.7 Å². The topological polar surface area (TPSA) is 66.4 Å². The number of allylic oxidation sites excluding steroid dienone is 1. The maximum absolute atomic E-state index is 11.9. The van der Waals surface area contributed by atoms with Crippen LogP contribution in [0.3, 0.4) is 0 Å². The minimum absolute atomic E-state index is 0.129. The van der Waals surface area contributed by atoms with Gasteiger partial charge >= 0.3 is 5.97 Å². The molecule has 1 aliphatic carbocycles. The van der Waals surface area contributed by atoms with Crippen LogP contribution in [0.15, 0.2) is 12.2 Å². The molecule has 0 spiro atoms. The zero-order chi connectivity index (χ0) is 14.3. The third kappa shape index (κ3) is 5.90. The van der Waals surface area contributed by atoms with Gasteiger partial charge in [0.1, 0.15) is 6.04 Å². The van der Waals surface area contributed by atoms with Crippen molar-refractivity contribution in [3.63, 3.8) is 0 Å². The van der Waals surface area contributed by atoms with Crippen LogP contribution < -0.4 is 5.32 Å². The highest BCUT2D eigenvalue weighted by molar-refractivity contribution is 5.83. The van der Waals surface area contributed by atoms with Gasteiger partial charge in [-0.25, -0.2) is 4.79 Å². The van der Waals surface area contributed by atoms with Gasteiger partial charge in [-0.05, 0) is 38.0 Å². The first-order valence-electron chi connectivity index (χ1n) is 7.16. The quantitative estimate of drug-likeness (QED) is 0.727. The van der Waals surface area contributed by atoms with E-state index in [0.29, 0.717) is 24.7 Å². The molecular weight excluding hydrogens is 242 g/mol. The summed E-state index contributed by atoms with van der Waals surface area (Å²) in [6, 6.07) is -0.801. The first kappa shape index (κ1) is 15.7. The Morgan fingerprint density at radius 2 is 2.16 bits per heavy atom. The average molecular weight is 267 g/mol. The summed E-state index contributed by atoms with van der Waals surface area (Å²) in [5.41, 5.74) is 0. The molecule has 1 fully saturated rings. The second-order valence-corrected chi connectivity index (χ2v) is 5.61. The van der Waals surface area contributed by atoms with Crippen LogP contribution in [-0.2, 0) is 9.59 Å². The average Bonchev–Trinajstić information content (AvgIpc) is 2.34. The second-order valence-electron chi connectivity index (χ2n) is 5.61. The molecule has 0 aromatic carbocycles. The fourth-order valence-corrected chi connectivity index (χ4v) is 2.75. The second kappa shape index (κ2) is 7.97. The number of hydrogen-bond acceptors (Lipinski definition) is 2. The van der Waals surface area contributed by atoms with Crippen molar-refractivity contribution in [3.8, 4) is 0 Å². The first-order valence-corrected chi connectivity index (χ1v) is 7.16. The number of carboxylic acid groups (broad SMARTS) is 1. The molecule has 0 aromatic heterocycles. The summed E-state index contributed by atoms with van der Waals surface area (Å²) in [6.07, 6.45) is 8.97. The lowest BCUT2D eigenvalue weighted by Gasteiger charge is -2.26. The smallest absolute Gasteiger partial charge is 0.326 e. The summed E-state index contributed by atoms with van der Waals surface area (Å²) in [6.45, 7) is 4.06. The SMILES string of the molecule is C/C=C/CC(NC(=O)CC1CCCC(C)C1)C(=O)O. The standard InChI is InChI=1S/C15H25NO3/c1-3-4-8-13(15(18)19)16-14(17)10-12-7-5-6-11(2)9-12/h3-4,11-13H,5-10H2,1-2H3,(H,16,17)(H,18,19)/b4-3+. The van der Waals surface area contributed by atoms with Gasteiger partial charge in [0.15, 0.2) is 0 Å². The lowest BCUT2D eigenvalue weighted by Crippen LogP contribution is -2.41. The zero-order valence-electron chi connectivity index (χ0n) is 11.9. The summed E-state index contributed by atoms with van der Waals surface area (Å²) in [5, 5.41) is 11.7. The molecule has 0 aromatic rings. The Hall–Kier alpha value is -1.32. The highest BCUT2D eigenvalue weighted by atomic mass is 16.4. The third-order valence-corrected chi connectivity index (χ3v) is 3.76. The molecule has 108 valence electrons. The lowest BCUT2D eigenvalue weighted by atomic mass is 9.81. The van der Waals surface area contributed by atoms with Crippen LogP contribution in [0, 0.1) is 11.8 Å². The minimum atomic E-state index is -0.969. The molecule has 0 bridgehead atoms. The number of nitrogens with one attached hydrogen (secondary N) is 1. The fourth-order valence-electron chi connectivity index (χ4n) is 2.75. The van der Waals surface area contributed by atoms with Gasteiger partial charge in [-0.2, -0.15) is 0 Å². The van der Waals surface area contributed by atoms with Gasteiger partial charge < -0.3 is 10.4 Å². The third-order valence-electron chi connectivity index (χ3n) is 3.76. The summed E-state index contributed by atoms with van der Waals surface area (Å²) >= 11 is 0. The van der Waals surface area contributed by atoms with Crippen molar-refractivity contribution >= 4 is 11.9 Å². The van der Waals surface area contributed by atoms with Crippen LogP contribution in [0.4, 0.5) is 0 Å². The van der Waals surface area contributed by atoms with Gasteiger partial charge in [0, 0.05) is 6.42 Å². The van der Waals surface area contributed by atoms with Crippen molar-refractivity contribution in [2.45, 2.75) is 58.4 Å². The molecule has 0 saturated heterocycles. The lowest BCUT2D eigenvalue weighted by molar-refractivity contribution is -0.141. The van der Waals surface area contributed by atoms with Crippen molar-refractivity contribution in [2.24, 2.45) is 11.8 Å². The molecule has 4 heteroatoms. The Bertz CT molecular complexity index is 338. The number of amides is 1. The van der Waals surface area contributed by atoms with Crippen molar-refractivity contribution in [3.05, 3.63) is 12.2 Å². The van der Waals surface area contributed by atoms with E-state index in [1.807, 2.05) is 6.92 Å². The minimum Gasteiger partial charge on any atom is -0.480 e. The Morgan fingerprint density at radius 1 is 1.42 bits per heavy atom. The normalized spacial score (nSPS) is 25.2. The molecule has 1 aliphatic rings. The van der Waals surface area contributed by atoms with E-state index in [1.165, 1.54) is 12.8 Å². The molecule has 1 amide bonds. The summed E-state index contributed by atoms with van der Waals surface area (Å²) in [7, 11) is 0. The molecule has 1 rings (SSSR count). The molecular formula is C15H25NO3. The summed E-state index contributed by atoms with van der Waals surface area (Å²) in [5.74, 6) is 0.00391. The van der Waals surface area contributed by atoms with Crippen molar-refractivity contribution in [1.29, 1.82) is 0 Å². The molecule has 0 aliphatic heterocycles. The largest absolute Gasteiger partial charge is 0.480 e. The first-order chi connectivity index (χ1) is 9.02. The predicted octanol–water partition coefficient (Wildman–Crippen LogP) is 2.74. The van der Waals surface area contributed by atoms with Crippen LogP contribution >= 0.6 is 0 Å².